The first-order chi connectivity index (χ1) is 12.5. The molecular weight excluding hydrogens is 350 g/mol. The third kappa shape index (κ3) is 10.1. The third-order valence-corrected chi connectivity index (χ3v) is 4.91. The highest BCUT2D eigenvalue weighted by atomic mass is 16.4. The number of hydrogen-bond donors (Lipinski definition) is 3. The van der Waals surface area contributed by atoms with E-state index < -0.39 is 35.7 Å². The molecule has 0 aliphatic rings. The van der Waals surface area contributed by atoms with Crippen LogP contribution >= 0.6 is 0 Å². The monoisotopic (exact) mass is 386 g/mol. The van der Waals surface area contributed by atoms with E-state index in [1.807, 2.05) is 6.08 Å². The van der Waals surface area contributed by atoms with E-state index in [-0.39, 0.29) is 24.1 Å². The van der Waals surface area contributed by atoms with Crippen molar-refractivity contribution < 1.29 is 34.2 Å². The van der Waals surface area contributed by atoms with Crippen LogP contribution in [-0.2, 0) is 14.4 Å². The summed E-state index contributed by atoms with van der Waals surface area (Å²) >= 11 is 0. The number of allylic oxidation sites excluding steroid dienone is 1. The maximum absolute atomic E-state index is 11.4. The Morgan fingerprint density at radius 2 is 1.15 bits per heavy atom. The van der Waals surface area contributed by atoms with Crippen molar-refractivity contribution in [2.24, 2.45) is 17.8 Å². The molecule has 0 spiro atoms. The van der Waals surface area contributed by atoms with Gasteiger partial charge in [-0.2, -0.15) is 0 Å². The molecule has 0 aromatic heterocycles. The number of carboxylic acid groups (broad SMARTS) is 3. The maximum atomic E-state index is 11.4. The minimum Gasteiger partial charge on any atom is -0.481 e. The van der Waals surface area contributed by atoms with Gasteiger partial charge in [-0.3, -0.25) is 14.4 Å². The van der Waals surface area contributed by atoms with Crippen LogP contribution in [0.15, 0.2) is 12.2 Å². The van der Waals surface area contributed by atoms with Crippen LogP contribution in [0.2, 0.25) is 0 Å². The van der Waals surface area contributed by atoms with Crippen molar-refractivity contribution in [2.45, 2.75) is 53.4 Å². The first-order valence-corrected chi connectivity index (χ1v) is 9.73. The minimum atomic E-state index is -0.957. The fraction of sp³-hybridized carbons (Fsp3) is 0.750. The fourth-order valence-electron chi connectivity index (χ4n) is 3.38. The van der Waals surface area contributed by atoms with E-state index >= 15 is 0 Å². The molecule has 0 saturated heterocycles. The molecule has 0 aliphatic heterocycles. The van der Waals surface area contributed by atoms with Gasteiger partial charge in [0.25, 0.3) is 0 Å². The van der Waals surface area contributed by atoms with Crippen LogP contribution in [-0.4, -0.2) is 63.9 Å². The standard InChI is InChI=1S/C20H35NO6/c1-5-6-7-8-9-10-11-21(12-15(2)18(22)23,13-16(3)19(24)25)14-17(4)20(26)27/h8-9,15-17H,5-7,10-14H2,1-4H3,(H2-,22,23,24,25,26,27)/p+1/b9-8+. The largest absolute Gasteiger partial charge is 0.481 e. The highest BCUT2D eigenvalue weighted by Gasteiger charge is 2.37. The second kappa shape index (κ2) is 12.5. The number of carbonyl (C=O) groups is 3. The van der Waals surface area contributed by atoms with Gasteiger partial charge in [-0.05, 0) is 27.2 Å². The number of aliphatic carboxylic acids is 3. The minimum absolute atomic E-state index is 0.173. The Labute approximate surface area is 162 Å². The van der Waals surface area contributed by atoms with Crippen LogP contribution in [0.1, 0.15) is 53.4 Å². The lowest BCUT2D eigenvalue weighted by atomic mass is 10.0. The van der Waals surface area contributed by atoms with E-state index in [1.165, 1.54) is 0 Å². The lowest BCUT2D eigenvalue weighted by Crippen LogP contribution is -2.57. The van der Waals surface area contributed by atoms with Gasteiger partial charge in [-0.15, -0.1) is 0 Å². The number of hydrogen-bond acceptors (Lipinski definition) is 3. The quantitative estimate of drug-likeness (QED) is 0.226. The van der Waals surface area contributed by atoms with Gasteiger partial charge in [0, 0.05) is 6.42 Å². The molecule has 0 fully saturated rings. The molecule has 156 valence electrons. The van der Waals surface area contributed by atoms with Gasteiger partial charge < -0.3 is 19.8 Å². The average molecular weight is 387 g/mol. The Balaban J connectivity index is 5.52. The van der Waals surface area contributed by atoms with E-state index in [4.69, 9.17) is 0 Å². The summed E-state index contributed by atoms with van der Waals surface area (Å²) in [5, 5.41) is 28.0. The van der Waals surface area contributed by atoms with E-state index in [2.05, 4.69) is 13.0 Å². The summed E-state index contributed by atoms with van der Waals surface area (Å²) in [6.07, 6.45) is 7.95. The van der Waals surface area contributed by atoms with Crippen molar-refractivity contribution in [3.8, 4) is 0 Å². The van der Waals surface area contributed by atoms with Gasteiger partial charge in [0.05, 0.1) is 26.2 Å². The molecule has 0 bridgehead atoms. The lowest BCUT2D eigenvalue weighted by Gasteiger charge is -2.42. The van der Waals surface area contributed by atoms with Crippen molar-refractivity contribution >= 4 is 17.9 Å². The molecule has 0 radical (unpaired) electrons. The summed E-state index contributed by atoms with van der Waals surface area (Å²) < 4.78 is 0.173. The van der Waals surface area contributed by atoms with Gasteiger partial charge in [0.1, 0.15) is 17.8 Å². The smallest absolute Gasteiger partial charge is 0.311 e. The van der Waals surface area contributed by atoms with Gasteiger partial charge in [0.2, 0.25) is 0 Å². The summed E-state index contributed by atoms with van der Waals surface area (Å²) in [6.45, 7) is 8.04. The van der Waals surface area contributed by atoms with Crippen LogP contribution in [0.4, 0.5) is 0 Å². The average Bonchev–Trinajstić information content (AvgIpc) is 2.57. The van der Waals surface area contributed by atoms with Crippen molar-refractivity contribution in [1.82, 2.24) is 0 Å². The highest BCUT2D eigenvalue weighted by molar-refractivity contribution is 5.70. The van der Waals surface area contributed by atoms with Crippen molar-refractivity contribution in [3.63, 3.8) is 0 Å². The van der Waals surface area contributed by atoms with Gasteiger partial charge >= 0.3 is 17.9 Å². The Kier molecular flexibility index (Phi) is 11.6. The normalized spacial score (nSPS) is 17.2. The molecule has 0 rings (SSSR count). The Morgan fingerprint density at radius 1 is 0.778 bits per heavy atom. The van der Waals surface area contributed by atoms with E-state index in [1.54, 1.807) is 20.8 Å². The maximum Gasteiger partial charge on any atom is 0.311 e. The topological polar surface area (TPSA) is 112 Å². The SMILES string of the molecule is CCCC/C=C/CC[N+](CC(C)C(=O)O)(CC(C)C(=O)O)CC(C)C(=O)O. The molecule has 3 atom stereocenters. The Bertz CT molecular complexity index is 462. The van der Waals surface area contributed by atoms with Crippen molar-refractivity contribution in [3.05, 3.63) is 12.2 Å². The number of carboxylic acids is 3. The van der Waals surface area contributed by atoms with E-state index in [0.717, 1.165) is 19.3 Å². The summed E-state index contributed by atoms with van der Waals surface area (Å²) in [6, 6.07) is 0. The third-order valence-electron chi connectivity index (χ3n) is 4.91. The zero-order valence-corrected chi connectivity index (χ0v) is 17.1. The zero-order chi connectivity index (χ0) is 21.0. The van der Waals surface area contributed by atoms with Gasteiger partial charge in [-0.25, -0.2) is 0 Å². The number of unbranched alkanes of at least 4 members (excludes halogenated alkanes) is 2. The van der Waals surface area contributed by atoms with Crippen LogP contribution in [0.5, 0.6) is 0 Å². The molecule has 3 unspecified atom stereocenters. The molecule has 0 aliphatic carbocycles. The zero-order valence-electron chi connectivity index (χ0n) is 17.1. The molecule has 0 aromatic rings. The molecule has 0 amide bonds. The molecule has 0 saturated carbocycles. The fourth-order valence-corrected chi connectivity index (χ4v) is 3.38. The molecule has 0 heterocycles. The molecule has 7 nitrogen and oxygen atoms in total. The second-order valence-electron chi connectivity index (χ2n) is 7.73. The van der Waals surface area contributed by atoms with Crippen LogP contribution in [0.3, 0.4) is 0 Å². The lowest BCUT2D eigenvalue weighted by molar-refractivity contribution is -0.933. The van der Waals surface area contributed by atoms with Crippen LogP contribution in [0.25, 0.3) is 0 Å². The number of nitrogens with zero attached hydrogens (tertiary/aromatic N) is 1. The highest BCUT2D eigenvalue weighted by Crippen LogP contribution is 2.21. The van der Waals surface area contributed by atoms with Crippen LogP contribution in [0, 0.1) is 17.8 Å². The van der Waals surface area contributed by atoms with Gasteiger partial charge in [-0.1, -0.05) is 31.9 Å². The van der Waals surface area contributed by atoms with Gasteiger partial charge in [0.15, 0.2) is 0 Å². The summed E-state index contributed by atoms with van der Waals surface area (Å²) in [7, 11) is 0. The second-order valence-corrected chi connectivity index (χ2v) is 7.73. The molecule has 0 aromatic carbocycles. The van der Waals surface area contributed by atoms with E-state index in [9.17, 15) is 29.7 Å². The first-order valence-electron chi connectivity index (χ1n) is 9.73. The molecular formula is C20H36NO6+. The van der Waals surface area contributed by atoms with Crippen molar-refractivity contribution in [1.29, 1.82) is 0 Å². The molecule has 7 heteroatoms. The Hall–Kier alpha value is -1.89. The predicted octanol–water partition coefficient (Wildman–Crippen LogP) is 3.10. The summed E-state index contributed by atoms with van der Waals surface area (Å²) in [5.41, 5.74) is 0. The molecule has 3 N–H and O–H groups in total. The van der Waals surface area contributed by atoms with E-state index in [0.29, 0.717) is 13.0 Å². The Morgan fingerprint density at radius 3 is 1.48 bits per heavy atom. The molecule has 27 heavy (non-hydrogen) atoms. The predicted molar refractivity (Wildman–Crippen MR) is 103 cm³/mol. The summed E-state index contributed by atoms with van der Waals surface area (Å²) in [5.74, 6) is -4.92. The van der Waals surface area contributed by atoms with Crippen molar-refractivity contribution in [2.75, 3.05) is 26.2 Å². The van der Waals surface area contributed by atoms with Crippen LogP contribution < -0.4 is 0 Å². The first kappa shape index (κ1) is 25.1. The summed E-state index contributed by atoms with van der Waals surface area (Å²) in [4.78, 5) is 34.2. The number of rotatable bonds is 15. The number of quaternary nitrogens is 1.